The molecule has 3 rings (SSSR count). The molecule has 2 aromatic heterocycles. The first-order chi connectivity index (χ1) is 12.1. The zero-order valence-corrected chi connectivity index (χ0v) is 15.3. The molecule has 0 unspecified atom stereocenters. The number of pyridine rings is 1. The first-order valence-electron chi connectivity index (χ1n) is 9.31. The van der Waals surface area contributed by atoms with Crippen molar-refractivity contribution < 1.29 is 9.53 Å². The Hall–Kier alpha value is -1.95. The van der Waals surface area contributed by atoms with E-state index in [-0.39, 0.29) is 5.91 Å². The van der Waals surface area contributed by atoms with Crippen molar-refractivity contribution in [1.82, 2.24) is 19.4 Å². The van der Waals surface area contributed by atoms with E-state index in [2.05, 4.69) is 23.4 Å². The van der Waals surface area contributed by atoms with Gasteiger partial charge in [-0.25, -0.2) is 9.97 Å². The van der Waals surface area contributed by atoms with E-state index in [0.717, 1.165) is 55.9 Å². The minimum atomic E-state index is 0.228. The minimum absolute atomic E-state index is 0.228. The van der Waals surface area contributed by atoms with Crippen LogP contribution in [0.25, 0.3) is 11.2 Å². The number of rotatable bonds is 7. The van der Waals surface area contributed by atoms with Gasteiger partial charge in [0.1, 0.15) is 11.3 Å². The quantitative estimate of drug-likeness (QED) is 0.775. The van der Waals surface area contributed by atoms with Gasteiger partial charge in [0, 0.05) is 38.7 Å². The molecule has 0 saturated carbocycles. The predicted molar refractivity (Wildman–Crippen MR) is 97.3 cm³/mol. The van der Waals surface area contributed by atoms with Crippen molar-refractivity contribution in [2.24, 2.45) is 5.92 Å². The molecule has 25 heavy (non-hydrogen) atoms. The lowest BCUT2D eigenvalue weighted by Gasteiger charge is -2.26. The zero-order valence-electron chi connectivity index (χ0n) is 15.3. The zero-order chi connectivity index (χ0) is 17.6. The number of aromatic nitrogens is 3. The van der Waals surface area contributed by atoms with Gasteiger partial charge in [-0.15, -0.1) is 0 Å². The second kappa shape index (κ2) is 8.43. The van der Waals surface area contributed by atoms with Crippen LogP contribution in [0.3, 0.4) is 0 Å². The van der Waals surface area contributed by atoms with Gasteiger partial charge in [0.05, 0.1) is 13.2 Å². The number of carbonyl (C=O) groups is 1. The molecule has 2 aromatic rings. The van der Waals surface area contributed by atoms with E-state index in [1.54, 1.807) is 0 Å². The Morgan fingerprint density at radius 1 is 1.32 bits per heavy atom. The van der Waals surface area contributed by atoms with E-state index in [1.807, 2.05) is 23.2 Å². The van der Waals surface area contributed by atoms with Crippen LogP contribution in [0.5, 0.6) is 0 Å². The fourth-order valence-corrected chi connectivity index (χ4v) is 3.19. The van der Waals surface area contributed by atoms with Crippen LogP contribution in [0, 0.1) is 5.92 Å². The monoisotopic (exact) mass is 344 g/mol. The van der Waals surface area contributed by atoms with Crippen molar-refractivity contribution in [3.8, 4) is 0 Å². The molecule has 0 N–H and O–H groups in total. The summed E-state index contributed by atoms with van der Waals surface area (Å²) in [6.45, 7) is 8.13. The molecule has 0 bridgehead atoms. The average molecular weight is 344 g/mol. The molecular formula is C19H28N4O2. The summed E-state index contributed by atoms with van der Waals surface area (Å²) in [6, 6.07) is 3.93. The van der Waals surface area contributed by atoms with Crippen molar-refractivity contribution in [2.45, 2.75) is 46.1 Å². The van der Waals surface area contributed by atoms with Gasteiger partial charge < -0.3 is 14.2 Å². The molecule has 6 heteroatoms. The molecule has 0 radical (unpaired) electrons. The first kappa shape index (κ1) is 17.9. The lowest BCUT2D eigenvalue weighted by Crippen LogP contribution is -2.40. The van der Waals surface area contributed by atoms with E-state index in [0.29, 0.717) is 25.6 Å². The maximum Gasteiger partial charge on any atom is 0.222 e. The fraction of sp³-hybridized carbons (Fsp3) is 0.632. The Morgan fingerprint density at radius 3 is 2.88 bits per heavy atom. The maximum atomic E-state index is 12.3. The number of fused-ring (bicyclic) bond motifs is 1. The van der Waals surface area contributed by atoms with E-state index >= 15 is 0 Å². The van der Waals surface area contributed by atoms with Crippen LogP contribution in [-0.4, -0.2) is 51.6 Å². The van der Waals surface area contributed by atoms with E-state index in [4.69, 9.17) is 9.72 Å². The molecule has 0 aromatic carbocycles. The van der Waals surface area contributed by atoms with Crippen LogP contribution in [-0.2, 0) is 22.5 Å². The van der Waals surface area contributed by atoms with Crippen molar-refractivity contribution in [1.29, 1.82) is 0 Å². The molecular weight excluding hydrogens is 316 g/mol. The Morgan fingerprint density at radius 2 is 2.12 bits per heavy atom. The second-order valence-corrected chi connectivity index (χ2v) is 7.06. The summed E-state index contributed by atoms with van der Waals surface area (Å²) < 4.78 is 7.54. The number of hydrogen-bond acceptors (Lipinski definition) is 4. The van der Waals surface area contributed by atoms with Gasteiger partial charge in [0.15, 0.2) is 5.65 Å². The van der Waals surface area contributed by atoms with Gasteiger partial charge in [0.2, 0.25) is 5.91 Å². The molecule has 1 aliphatic rings. The fourth-order valence-electron chi connectivity index (χ4n) is 3.19. The number of ether oxygens (including phenoxy) is 1. The lowest BCUT2D eigenvalue weighted by atomic mass is 10.1. The standard InChI is InChI=1S/C19H28N4O2/c1-15(2)8-10-23-17(21-16-5-4-9-20-19(16)23)6-3-7-18(24)22-11-13-25-14-12-22/h4-5,9,15H,3,6-8,10-14H2,1-2H3. The molecule has 1 amide bonds. The Labute approximate surface area is 149 Å². The second-order valence-electron chi connectivity index (χ2n) is 7.06. The molecule has 1 aliphatic heterocycles. The van der Waals surface area contributed by atoms with Crippen LogP contribution in [0.4, 0.5) is 0 Å². The molecule has 136 valence electrons. The van der Waals surface area contributed by atoms with Crippen molar-refractivity contribution in [2.75, 3.05) is 26.3 Å². The highest BCUT2D eigenvalue weighted by Gasteiger charge is 2.17. The lowest BCUT2D eigenvalue weighted by molar-refractivity contribution is -0.135. The smallest absolute Gasteiger partial charge is 0.222 e. The summed E-state index contributed by atoms with van der Waals surface area (Å²) in [4.78, 5) is 23.5. The van der Waals surface area contributed by atoms with Gasteiger partial charge in [-0.05, 0) is 30.9 Å². The summed E-state index contributed by atoms with van der Waals surface area (Å²) in [6.07, 6.45) is 5.12. The van der Waals surface area contributed by atoms with Crippen molar-refractivity contribution >= 4 is 17.1 Å². The summed E-state index contributed by atoms with van der Waals surface area (Å²) in [7, 11) is 0. The number of nitrogens with zero attached hydrogens (tertiary/aromatic N) is 4. The normalized spacial score (nSPS) is 15.2. The molecule has 0 aliphatic carbocycles. The minimum Gasteiger partial charge on any atom is -0.378 e. The highest BCUT2D eigenvalue weighted by atomic mass is 16.5. The van der Waals surface area contributed by atoms with E-state index in [1.165, 1.54) is 0 Å². The number of carbonyl (C=O) groups excluding carboxylic acids is 1. The summed E-state index contributed by atoms with van der Waals surface area (Å²) >= 11 is 0. The van der Waals surface area contributed by atoms with Gasteiger partial charge in [-0.2, -0.15) is 0 Å². The highest BCUT2D eigenvalue weighted by molar-refractivity contribution is 5.76. The first-order valence-corrected chi connectivity index (χ1v) is 9.31. The molecule has 6 nitrogen and oxygen atoms in total. The number of hydrogen-bond donors (Lipinski definition) is 0. The summed E-state index contributed by atoms with van der Waals surface area (Å²) in [5.41, 5.74) is 1.90. The molecule has 1 fully saturated rings. The largest absolute Gasteiger partial charge is 0.378 e. The third kappa shape index (κ3) is 4.57. The third-order valence-electron chi connectivity index (χ3n) is 4.67. The van der Waals surface area contributed by atoms with E-state index in [9.17, 15) is 4.79 Å². The topological polar surface area (TPSA) is 60.2 Å². The van der Waals surface area contributed by atoms with Crippen LogP contribution in [0.1, 0.15) is 38.9 Å². The summed E-state index contributed by atoms with van der Waals surface area (Å²) in [5.74, 6) is 1.91. The van der Waals surface area contributed by atoms with Crippen molar-refractivity contribution in [3.05, 3.63) is 24.2 Å². The number of aryl methyl sites for hydroxylation is 2. The molecule has 0 atom stereocenters. The van der Waals surface area contributed by atoms with Crippen LogP contribution >= 0.6 is 0 Å². The van der Waals surface area contributed by atoms with Gasteiger partial charge in [0.25, 0.3) is 0 Å². The van der Waals surface area contributed by atoms with Crippen LogP contribution < -0.4 is 0 Å². The molecule has 1 saturated heterocycles. The number of amides is 1. The van der Waals surface area contributed by atoms with Gasteiger partial charge in [-0.3, -0.25) is 4.79 Å². The number of imidazole rings is 1. The highest BCUT2D eigenvalue weighted by Crippen LogP contribution is 2.17. The molecule has 0 spiro atoms. The van der Waals surface area contributed by atoms with Gasteiger partial charge in [-0.1, -0.05) is 13.8 Å². The summed E-state index contributed by atoms with van der Waals surface area (Å²) in [5, 5.41) is 0. The van der Waals surface area contributed by atoms with Gasteiger partial charge >= 0.3 is 0 Å². The molecule has 3 heterocycles. The number of morpholine rings is 1. The van der Waals surface area contributed by atoms with Crippen molar-refractivity contribution in [3.63, 3.8) is 0 Å². The SMILES string of the molecule is CC(C)CCn1c(CCCC(=O)N2CCOCC2)nc2cccnc21. The van der Waals surface area contributed by atoms with Crippen LogP contribution in [0.2, 0.25) is 0 Å². The maximum absolute atomic E-state index is 12.3. The Bertz CT molecular complexity index is 705. The average Bonchev–Trinajstić information content (AvgIpc) is 2.98. The van der Waals surface area contributed by atoms with Crippen LogP contribution in [0.15, 0.2) is 18.3 Å². The third-order valence-corrected chi connectivity index (χ3v) is 4.67. The predicted octanol–water partition coefficient (Wildman–Crippen LogP) is 2.66. The van der Waals surface area contributed by atoms with E-state index < -0.39 is 0 Å². The Kier molecular flexibility index (Phi) is 6.02. The Balaban J connectivity index is 1.63.